The second-order valence-corrected chi connectivity index (χ2v) is 11.6. The van der Waals surface area contributed by atoms with Crippen LogP contribution in [0.5, 0.6) is 0 Å². The van der Waals surface area contributed by atoms with E-state index in [0.717, 1.165) is 22.7 Å². The summed E-state index contributed by atoms with van der Waals surface area (Å²) in [6.07, 6.45) is 2.53. The zero-order valence-electron chi connectivity index (χ0n) is 22.2. The number of rotatable bonds is 5. The van der Waals surface area contributed by atoms with Gasteiger partial charge in [0.25, 0.3) is 5.56 Å². The molecule has 4 aromatic rings. The molecule has 1 amide bonds. The summed E-state index contributed by atoms with van der Waals surface area (Å²) in [7, 11) is 0. The predicted octanol–water partition coefficient (Wildman–Crippen LogP) is 4.73. The van der Waals surface area contributed by atoms with Crippen LogP contribution in [0.1, 0.15) is 52.3 Å². The highest BCUT2D eigenvalue weighted by Gasteiger charge is 2.30. The third kappa shape index (κ3) is 5.18. The summed E-state index contributed by atoms with van der Waals surface area (Å²) < 4.78 is 11.0. The number of fused-ring (bicyclic) bond motifs is 1. The molecule has 0 unspecified atom stereocenters. The van der Waals surface area contributed by atoms with Gasteiger partial charge in [-0.25, -0.2) is 9.59 Å². The molecule has 38 heavy (non-hydrogen) atoms. The lowest BCUT2D eigenvalue weighted by atomic mass is 10.1. The number of aromatic nitrogens is 4. The SMILES string of the molecule is CCn1ccc(Cn2c(=O)n(C3CCN(C(=O)OC(C)(C)C)CC3)c(=O)c3sc(-c4ccccc4)cc32)n1. The Labute approximate surface area is 224 Å². The van der Waals surface area contributed by atoms with Crippen molar-refractivity contribution < 1.29 is 9.53 Å². The van der Waals surface area contributed by atoms with E-state index in [-0.39, 0.29) is 29.9 Å². The number of carbonyl (C=O) groups excluding carboxylic acids is 1. The first-order valence-electron chi connectivity index (χ1n) is 13.0. The zero-order chi connectivity index (χ0) is 27.0. The Morgan fingerprint density at radius 3 is 2.45 bits per heavy atom. The molecule has 4 heterocycles. The van der Waals surface area contributed by atoms with Gasteiger partial charge in [-0.1, -0.05) is 30.3 Å². The van der Waals surface area contributed by atoms with Crippen molar-refractivity contribution in [2.75, 3.05) is 13.1 Å². The number of nitrogens with zero attached hydrogens (tertiary/aromatic N) is 5. The second kappa shape index (κ2) is 10.2. The van der Waals surface area contributed by atoms with Crippen LogP contribution in [0.4, 0.5) is 4.79 Å². The molecular weight excluding hydrogens is 502 g/mol. The molecule has 1 aliphatic heterocycles. The molecule has 0 atom stereocenters. The first-order chi connectivity index (χ1) is 18.1. The van der Waals surface area contributed by atoms with Crippen molar-refractivity contribution in [3.8, 4) is 10.4 Å². The van der Waals surface area contributed by atoms with Gasteiger partial charge in [-0.3, -0.25) is 18.6 Å². The molecule has 1 saturated heterocycles. The number of hydrogen-bond acceptors (Lipinski definition) is 6. The number of aryl methyl sites for hydroxylation is 1. The molecule has 200 valence electrons. The lowest BCUT2D eigenvalue weighted by Gasteiger charge is -2.34. The summed E-state index contributed by atoms with van der Waals surface area (Å²) in [5.74, 6) is 0. The van der Waals surface area contributed by atoms with Crippen molar-refractivity contribution in [2.24, 2.45) is 0 Å². The highest BCUT2D eigenvalue weighted by Crippen LogP contribution is 2.32. The Morgan fingerprint density at radius 2 is 1.82 bits per heavy atom. The fourth-order valence-corrected chi connectivity index (χ4v) is 5.95. The normalized spacial score (nSPS) is 14.8. The van der Waals surface area contributed by atoms with Gasteiger partial charge in [-0.05, 0) is 58.2 Å². The van der Waals surface area contributed by atoms with Crippen LogP contribution in [-0.2, 0) is 17.8 Å². The Hall–Kier alpha value is -3.66. The monoisotopic (exact) mass is 535 g/mol. The molecular formula is C28H33N5O4S. The Bertz CT molecular complexity index is 1570. The molecule has 0 saturated carbocycles. The van der Waals surface area contributed by atoms with Crippen LogP contribution in [-0.4, -0.2) is 48.6 Å². The van der Waals surface area contributed by atoms with Crippen LogP contribution in [0.15, 0.2) is 58.3 Å². The lowest BCUT2D eigenvalue weighted by molar-refractivity contribution is 0.0186. The Morgan fingerprint density at radius 1 is 1.11 bits per heavy atom. The summed E-state index contributed by atoms with van der Waals surface area (Å²) in [6.45, 7) is 9.36. The Kier molecular flexibility index (Phi) is 7.00. The number of amides is 1. The largest absolute Gasteiger partial charge is 0.444 e. The molecule has 1 fully saturated rings. The molecule has 9 nitrogen and oxygen atoms in total. The summed E-state index contributed by atoms with van der Waals surface area (Å²) in [5.41, 5.74) is 1.18. The van der Waals surface area contributed by atoms with E-state index < -0.39 is 5.60 Å². The van der Waals surface area contributed by atoms with Gasteiger partial charge in [0.05, 0.1) is 17.8 Å². The molecule has 0 N–H and O–H groups in total. The first-order valence-corrected chi connectivity index (χ1v) is 13.8. The minimum absolute atomic E-state index is 0.268. The number of likely N-dealkylation sites (tertiary alicyclic amines) is 1. The van der Waals surface area contributed by atoms with Crippen molar-refractivity contribution in [3.63, 3.8) is 0 Å². The lowest BCUT2D eigenvalue weighted by Crippen LogP contribution is -2.47. The molecule has 3 aromatic heterocycles. The van der Waals surface area contributed by atoms with Crippen LogP contribution >= 0.6 is 11.3 Å². The van der Waals surface area contributed by atoms with E-state index in [2.05, 4.69) is 5.10 Å². The third-order valence-electron chi connectivity index (χ3n) is 6.73. The van der Waals surface area contributed by atoms with Crippen molar-refractivity contribution in [3.05, 3.63) is 75.2 Å². The van der Waals surface area contributed by atoms with Crippen LogP contribution in [0.3, 0.4) is 0 Å². The molecule has 5 rings (SSSR count). The van der Waals surface area contributed by atoms with Gasteiger partial charge in [0.15, 0.2) is 0 Å². The van der Waals surface area contributed by atoms with E-state index in [4.69, 9.17) is 4.74 Å². The molecule has 0 aliphatic carbocycles. The second-order valence-electron chi connectivity index (χ2n) is 10.6. The van der Waals surface area contributed by atoms with E-state index in [1.165, 1.54) is 15.9 Å². The van der Waals surface area contributed by atoms with Crippen LogP contribution in [0, 0.1) is 0 Å². The number of hydrogen-bond donors (Lipinski definition) is 0. The smallest absolute Gasteiger partial charge is 0.410 e. The van der Waals surface area contributed by atoms with E-state index >= 15 is 0 Å². The average molecular weight is 536 g/mol. The Balaban J connectivity index is 1.54. The summed E-state index contributed by atoms with van der Waals surface area (Å²) >= 11 is 1.41. The van der Waals surface area contributed by atoms with Crippen LogP contribution in [0.25, 0.3) is 20.7 Å². The van der Waals surface area contributed by atoms with E-state index in [1.54, 1.807) is 9.47 Å². The maximum Gasteiger partial charge on any atom is 0.410 e. The van der Waals surface area contributed by atoms with Gasteiger partial charge in [0.2, 0.25) is 0 Å². The van der Waals surface area contributed by atoms with Gasteiger partial charge < -0.3 is 9.64 Å². The number of ether oxygens (including phenoxy) is 1. The summed E-state index contributed by atoms with van der Waals surface area (Å²) in [6, 6.07) is 13.4. The number of benzene rings is 1. The van der Waals surface area contributed by atoms with E-state index in [9.17, 15) is 14.4 Å². The zero-order valence-corrected chi connectivity index (χ0v) is 23.0. The van der Waals surface area contributed by atoms with Gasteiger partial charge in [-0.15, -0.1) is 11.3 Å². The molecule has 10 heteroatoms. The van der Waals surface area contributed by atoms with Gasteiger partial charge in [0, 0.05) is 36.8 Å². The molecule has 0 bridgehead atoms. The standard InChI is InChI=1S/C28H33N5O4S/c1-5-31-16-11-20(29-31)18-32-22-17-23(19-9-7-6-8-10-19)38-24(22)25(34)33(26(32)35)21-12-14-30(15-13-21)27(36)37-28(2,3)4/h6-11,16-17,21H,5,12-15,18H2,1-4H3. The van der Waals surface area contributed by atoms with Crippen LogP contribution < -0.4 is 11.2 Å². The predicted molar refractivity (Wildman–Crippen MR) is 149 cm³/mol. The highest BCUT2D eigenvalue weighted by molar-refractivity contribution is 7.22. The fraction of sp³-hybridized carbons (Fsp3) is 0.429. The summed E-state index contributed by atoms with van der Waals surface area (Å²) in [4.78, 5) is 42.8. The number of thiophene rings is 1. The minimum atomic E-state index is -0.579. The highest BCUT2D eigenvalue weighted by atomic mass is 32.1. The van der Waals surface area contributed by atoms with Crippen molar-refractivity contribution in [1.82, 2.24) is 23.8 Å². The fourth-order valence-electron chi connectivity index (χ4n) is 4.84. The van der Waals surface area contributed by atoms with Gasteiger partial charge in [0.1, 0.15) is 10.3 Å². The number of carbonyl (C=O) groups is 1. The first kappa shape index (κ1) is 26.0. The molecule has 0 radical (unpaired) electrons. The van der Waals surface area contributed by atoms with Crippen molar-refractivity contribution >= 4 is 27.6 Å². The van der Waals surface area contributed by atoms with E-state index in [0.29, 0.717) is 36.1 Å². The topological polar surface area (TPSA) is 91.4 Å². The quantitative estimate of drug-likeness (QED) is 0.369. The molecule has 0 spiro atoms. The van der Waals surface area contributed by atoms with E-state index in [1.807, 2.05) is 81.0 Å². The van der Waals surface area contributed by atoms with Crippen molar-refractivity contribution in [2.45, 2.75) is 65.3 Å². The summed E-state index contributed by atoms with van der Waals surface area (Å²) in [5, 5.41) is 4.57. The maximum absolute atomic E-state index is 13.9. The van der Waals surface area contributed by atoms with Crippen LogP contribution in [0.2, 0.25) is 0 Å². The maximum atomic E-state index is 13.9. The van der Waals surface area contributed by atoms with Gasteiger partial charge in [-0.2, -0.15) is 5.10 Å². The number of piperidine rings is 1. The van der Waals surface area contributed by atoms with Gasteiger partial charge >= 0.3 is 11.8 Å². The molecule has 1 aliphatic rings. The minimum Gasteiger partial charge on any atom is -0.444 e. The molecule has 1 aromatic carbocycles. The third-order valence-corrected chi connectivity index (χ3v) is 7.89. The van der Waals surface area contributed by atoms with Crippen molar-refractivity contribution in [1.29, 1.82) is 0 Å². The average Bonchev–Trinajstić information content (AvgIpc) is 3.54.